The normalized spacial score (nSPS) is 16.9. The summed E-state index contributed by atoms with van der Waals surface area (Å²) in [7, 11) is 0. The zero-order valence-electron chi connectivity index (χ0n) is 15.0. The van der Waals surface area contributed by atoms with E-state index in [0.717, 1.165) is 10.3 Å². The summed E-state index contributed by atoms with van der Waals surface area (Å²) < 4.78 is 0. The van der Waals surface area contributed by atoms with Crippen molar-refractivity contribution < 1.29 is 19.2 Å². The van der Waals surface area contributed by atoms with Crippen molar-refractivity contribution in [3.63, 3.8) is 0 Å². The van der Waals surface area contributed by atoms with Crippen molar-refractivity contribution in [3.8, 4) is 0 Å². The van der Waals surface area contributed by atoms with Gasteiger partial charge in [-0.2, -0.15) is 0 Å². The highest BCUT2D eigenvalue weighted by Gasteiger charge is 2.35. The molecule has 138 valence electrons. The second kappa shape index (κ2) is 6.50. The fourth-order valence-electron chi connectivity index (χ4n) is 3.73. The van der Waals surface area contributed by atoms with Gasteiger partial charge in [0.1, 0.15) is 6.54 Å². The third-order valence-electron chi connectivity index (χ3n) is 5.23. The highest BCUT2D eigenvalue weighted by molar-refractivity contribution is 6.26. The first kappa shape index (κ1) is 17.2. The number of carbonyl (C=O) groups is 4. The molecule has 4 rings (SSSR count). The van der Waals surface area contributed by atoms with E-state index < -0.39 is 11.8 Å². The fourth-order valence-corrected chi connectivity index (χ4v) is 3.73. The van der Waals surface area contributed by atoms with Crippen molar-refractivity contribution in [2.24, 2.45) is 0 Å². The quantitative estimate of drug-likeness (QED) is 0.748. The summed E-state index contributed by atoms with van der Waals surface area (Å²) in [5.74, 6) is -1.19. The van der Waals surface area contributed by atoms with E-state index in [2.05, 4.69) is 0 Å². The lowest BCUT2D eigenvalue weighted by Gasteiger charge is -2.35. The fraction of sp³-hybridized carbons (Fsp3) is 0.300. The highest BCUT2D eigenvalue weighted by Crippen LogP contribution is 2.29. The lowest BCUT2D eigenvalue weighted by atomic mass is 9.94. The van der Waals surface area contributed by atoms with E-state index in [1.54, 1.807) is 34.1 Å². The predicted molar refractivity (Wildman–Crippen MR) is 98.1 cm³/mol. The lowest BCUT2D eigenvalue weighted by molar-refractivity contribution is -0.138. The number of hydrogen-bond acceptors (Lipinski definition) is 4. The van der Waals surface area contributed by atoms with Crippen LogP contribution in [0.1, 0.15) is 27.6 Å². The summed E-state index contributed by atoms with van der Waals surface area (Å²) in [5, 5.41) is 1.48. The van der Waals surface area contributed by atoms with Crippen molar-refractivity contribution in [1.29, 1.82) is 0 Å². The second-order valence-corrected chi connectivity index (χ2v) is 6.79. The third kappa shape index (κ3) is 2.85. The van der Waals surface area contributed by atoms with Crippen LogP contribution >= 0.6 is 0 Å². The molecule has 0 unspecified atom stereocenters. The highest BCUT2D eigenvalue weighted by atomic mass is 16.2. The Labute approximate surface area is 156 Å². The number of amides is 4. The van der Waals surface area contributed by atoms with Crippen LogP contribution in [0.15, 0.2) is 36.4 Å². The first-order valence-corrected chi connectivity index (χ1v) is 8.88. The van der Waals surface area contributed by atoms with E-state index >= 15 is 0 Å². The average molecular weight is 365 g/mol. The van der Waals surface area contributed by atoms with Crippen LogP contribution < -0.4 is 0 Å². The molecule has 0 saturated carbocycles. The van der Waals surface area contributed by atoms with Gasteiger partial charge in [-0.15, -0.1) is 0 Å². The minimum atomic E-state index is -0.444. The van der Waals surface area contributed by atoms with E-state index in [0.29, 0.717) is 42.7 Å². The van der Waals surface area contributed by atoms with Crippen LogP contribution in [0.4, 0.5) is 0 Å². The van der Waals surface area contributed by atoms with Crippen LogP contribution in [0.5, 0.6) is 0 Å². The minimum Gasteiger partial charge on any atom is -0.339 e. The summed E-state index contributed by atoms with van der Waals surface area (Å²) in [4.78, 5) is 54.1. The molecule has 0 atom stereocenters. The number of piperazine rings is 1. The molecule has 4 amide bonds. The van der Waals surface area contributed by atoms with Crippen LogP contribution in [0, 0.1) is 0 Å². The molecule has 27 heavy (non-hydrogen) atoms. The molecule has 7 heteroatoms. The summed E-state index contributed by atoms with van der Waals surface area (Å²) in [6.45, 7) is 2.95. The molecule has 2 aromatic rings. The SMILES string of the molecule is CC(=O)N1CCN(C(=O)CN2C(=O)c3cccc4cccc(c34)C2=O)CC1. The van der Waals surface area contributed by atoms with Crippen LogP contribution in [-0.2, 0) is 9.59 Å². The molecule has 7 nitrogen and oxygen atoms in total. The van der Waals surface area contributed by atoms with Crippen molar-refractivity contribution in [2.75, 3.05) is 32.7 Å². The molecule has 2 heterocycles. The van der Waals surface area contributed by atoms with Gasteiger partial charge >= 0.3 is 0 Å². The van der Waals surface area contributed by atoms with E-state index in [4.69, 9.17) is 0 Å². The number of benzene rings is 2. The number of carbonyl (C=O) groups excluding carboxylic acids is 4. The second-order valence-electron chi connectivity index (χ2n) is 6.79. The average Bonchev–Trinajstić information content (AvgIpc) is 2.69. The van der Waals surface area contributed by atoms with Crippen LogP contribution in [0.3, 0.4) is 0 Å². The van der Waals surface area contributed by atoms with Crippen LogP contribution in [-0.4, -0.2) is 71.1 Å². The number of hydrogen-bond donors (Lipinski definition) is 0. The summed E-state index contributed by atoms with van der Waals surface area (Å²) in [6.07, 6.45) is 0. The van der Waals surface area contributed by atoms with E-state index in [9.17, 15) is 19.2 Å². The monoisotopic (exact) mass is 365 g/mol. The zero-order valence-corrected chi connectivity index (χ0v) is 15.0. The largest absolute Gasteiger partial charge is 0.339 e. The third-order valence-corrected chi connectivity index (χ3v) is 5.23. The molecule has 0 spiro atoms. The molecule has 1 saturated heterocycles. The Hall–Kier alpha value is -3.22. The molecule has 2 aliphatic rings. The van der Waals surface area contributed by atoms with Crippen molar-refractivity contribution in [3.05, 3.63) is 47.5 Å². The standard InChI is InChI=1S/C20H19N3O4/c1-13(24)21-8-10-22(11-9-21)17(25)12-23-19(26)15-6-2-4-14-5-3-7-16(18(14)15)20(23)27/h2-7H,8-12H2,1H3. The number of rotatable bonds is 2. The predicted octanol–water partition coefficient (Wildman–Crippen LogP) is 1.13. The first-order valence-electron chi connectivity index (χ1n) is 8.88. The van der Waals surface area contributed by atoms with Crippen molar-refractivity contribution >= 4 is 34.4 Å². The molecule has 0 N–H and O–H groups in total. The molecular formula is C20H19N3O4. The van der Waals surface area contributed by atoms with Gasteiger partial charge in [-0.3, -0.25) is 24.1 Å². The van der Waals surface area contributed by atoms with Gasteiger partial charge in [0.25, 0.3) is 11.8 Å². The van der Waals surface area contributed by atoms with Gasteiger partial charge in [-0.25, -0.2) is 0 Å². The van der Waals surface area contributed by atoms with Gasteiger partial charge < -0.3 is 9.80 Å². The molecular weight excluding hydrogens is 346 g/mol. The smallest absolute Gasteiger partial charge is 0.261 e. The summed E-state index contributed by atoms with van der Waals surface area (Å²) in [5.41, 5.74) is 0.883. The van der Waals surface area contributed by atoms with Gasteiger partial charge in [0.2, 0.25) is 11.8 Å². The Kier molecular flexibility index (Phi) is 4.14. The lowest BCUT2D eigenvalue weighted by Crippen LogP contribution is -2.53. The zero-order chi connectivity index (χ0) is 19.1. The van der Waals surface area contributed by atoms with Gasteiger partial charge in [0.15, 0.2) is 0 Å². The number of imide groups is 1. The van der Waals surface area contributed by atoms with Gasteiger partial charge in [-0.05, 0) is 17.5 Å². The molecule has 0 bridgehead atoms. The van der Waals surface area contributed by atoms with Crippen molar-refractivity contribution in [1.82, 2.24) is 14.7 Å². The Morgan fingerprint density at radius 1 is 0.852 bits per heavy atom. The number of nitrogens with zero attached hydrogens (tertiary/aromatic N) is 3. The van der Waals surface area contributed by atoms with Crippen LogP contribution in [0.25, 0.3) is 10.8 Å². The van der Waals surface area contributed by atoms with Gasteiger partial charge in [0.05, 0.1) is 0 Å². The Morgan fingerprint density at radius 2 is 1.37 bits per heavy atom. The maximum atomic E-state index is 12.9. The Morgan fingerprint density at radius 3 is 1.89 bits per heavy atom. The molecule has 2 aromatic carbocycles. The maximum absolute atomic E-state index is 12.9. The van der Waals surface area contributed by atoms with E-state index in [1.807, 2.05) is 12.1 Å². The summed E-state index contributed by atoms with van der Waals surface area (Å²) in [6, 6.07) is 10.6. The molecule has 0 aromatic heterocycles. The topological polar surface area (TPSA) is 78.0 Å². The van der Waals surface area contributed by atoms with Gasteiger partial charge in [0, 0.05) is 49.6 Å². The first-order chi connectivity index (χ1) is 13.0. The van der Waals surface area contributed by atoms with Crippen LogP contribution in [0.2, 0.25) is 0 Å². The van der Waals surface area contributed by atoms with Crippen molar-refractivity contribution in [2.45, 2.75) is 6.92 Å². The maximum Gasteiger partial charge on any atom is 0.261 e. The Bertz CT molecular complexity index is 926. The molecule has 2 aliphatic heterocycles. The van der Waals surface area contributed by atoms with E-state index in [1.165, 1.54) is 6.92 Å². The molecule has 0 aliphatic carbocycles. The summed E-state index contributed by atoms with van der Waals surface area (Å²) >= 11 is 0. The molecule has 0 radical (unpaired) electrons. The van der Waals surface area contributed by atoms with Gasteiger partial charge in [-0.1, -0.05) is 24.3 Å². The Balaban J connectivity index is 1.55. The molecule has 1 fully saturated rings. The van der Waals surface area contributed by atoms with E-state index in [-0.39, 0.29) is 18.4 Å². The minimum absolute atomic E-state index is 0.0202.